The summed E-state index contributed by atoms with van der Waals surface area (Å²) in [6.45, 7) is 6.86. The van der Waals surface area contributed by atoms with Crippen LogP contribution in [0.25, 0.3) is 0 Å². The van der Waals surface area contributed by atoms with E-state index >= 15 is 0 Å². The van der Waals surface area contributed by atoms with Crippen molar-refractivity contribution >= 4 is 11.6 Å². The summed E-state index contributed by atoms with van der Waals surface area (Å²) in [4.78, 5) is 11.5. The zero-order valence-corrected chi connectivity index (χ0v) is 9.59. The molecule has 0 aliphatic rings. The number of anilines is 1. The largest absolute Gasteiger partial charge is 0.381 e. The van der Waals surface area contributed by atoms with Crippen molar-refractivity contribution in [1.29, 1.82) is 0 Å². The van der Waals surface area contributed by atoms with Crippen LogP contribution in [0.4, 0.5) is 5.69 Å². The van der Waals surface area contributed by atoms with Crippen LogP contribution in [0.15, 0.2) is 18.2 Å². The van der Waals surface area contributed by atoms with E-state index in [1.54, 1.807) is 0 Å². The van der Waals surface area contributed by atoms with E-state index in [1.807, 2.05) is 32.0 Å². The fraction of sp³-hybridized carbons (Fsp3) is 0.417. The van der Waals surface area contributed by atoms with Crippen LogP contribution in [0.5, 0.6) is 0 Å². The number of amides is 1. The highest BCUT2D eigenvalue weighted by Crippen LogP contribution is 2.15. The number of hydrogen-bond acceptors (Lipinski definition) is 2. The monoisotopic (exact) mass is 207 g/mol. The fourth-order valence-corrected chi connectivity index (χ4v) is 1.33. The molecule has 0 saturated heterocycles. The molecule has 0 bridgehead atoms. The van der Waals surface area contributed by atoms with Crippen LogP contribution in [0.3, 0.4) is 0 Å². The molecule has 1 amide bonds. The molecule has 0 heterocycles. The highest BCUT2D eigenvalue weighted by Gasteiger charge is 2.23. The maximum atomic E-state index is 11.5. The maximum absolute atomic E-state index is 11.5. The molecule has 0 aromatic heterocycles. The highest BCUT2D eigenvalue weighted by molar-refractivity contribution is 5.96. The lowest BCUT2D eigenvalue weighted by molar-refractivity contribution is -0.130. The van der Waals surface area contributed by atoms with Gasteiger partial charge in [-0.2, -0.15) is 0 Å². The lowest BCUT2D eigenvalue weighted by Gasteiger charge is -2.17. The number of aliphatic hydroxyl groups is 1. The molecule has 82 valence electrons. The summed E-state index contributed by atoms with van der Waals surface area (Å²) in [6, 6.07) is 5.77. The molecule has 1 aromatic carbocycles. The summed E-state index contributed by atoms with van der Waals surface area (Å²) in [5.41, 5.74) is 1.54. The van der Waals surface area contributed by atoms with Gasteiger partial charge in [0.2, 0.25) is 0 Å². The Bertz CT molecular complexity index is 357. The van der Waals surface area contributed by atoms with E-state index < -0.39 is 11.5 Å². The topological polar surface area (TPSA) is 49.3 Å². The first-order chi connectivity index (χ1) is 6.79. The van der Waals surface area contributed by atoms with Crippen molar-refractivity contribution in [3.63, 3.8) is 0 Å². The van der Waals surface area contributed by atoms with Gasteiger partial charge in [-0.05, 0) is 51.0 Å². The highest BCUT2D eigenvalue weighted by atomic mass is 16.3. The second-order valence-electron chi connectivity index (χ2n) is 4.39. The molecule has 2 N–H and O–H groups in total. The second-order valence-corrected chi connectivity index (χ2v) is 4.39. The summed E-state index contributed by atoms with van der Waals surface area (Å²) in [5, 5.41) is 12.1. The minimum atomic E-state index is -1.35. The fourth-order valence-electron chi connectivity index (χ4n) is 1.33. The molecule has 15 heavy (non-hydrogen) atoms. The van der Waals surface area contributed by atoms with Crippen LogP contribution >= 0.6 is 0 Å². The van der Waals surface area contributed by atoms with E-state index in [2.05, 4.69) is 5.32 Å². The van der Waals surface area contributed by atoms with Crippen molar-refractivity contribution in [1.82, 2.24) is 0 Å². The average molecular weight is 207 g/mol. The van der Waals surface area contributed by atoms with Gasteiger partial charge in [0.25, 0.3) is 5.91 Å². The van der Waals surface area contributed by atoms with Crippen LogP contribution in [0, 0.1) is 13.8 Å². The molecule has 0 spiro atoms. The number of carbonyl (C=O) groups is 1. The van der Waals surface area contributed by atoms with E-state index in [1.165, 1.54) is 13.8 Å². The van der Waals surface area contributed by atoms with Crippen molar-refractivity contribution in [2.45, 2.75) is 33.3 Å². The molecule has 0 aliphatic carbocycles. The number of carbonyl (C=O) groups excluding carboxylic acids is 1. The first-order valence-corrected chi connectivity index (χ1v) is 4.91. The summed E-state index contributed by atoms with van der Waals surface area (Å²) in [7, 11) is 0. The van der Waals surface area contributed by atoms with Gasteiger partial charge in [0, 0.05) is 5.69 Å². The third kappa shape index (κ3) is 3.36. The van der Waals surface area contributed by atoms with Crippen LogP contribution in [-0.2, 0) is 4.79 Å². The Morgan fingerprint density at radius 2 is 1.67 bits per heavy atom. The molecule has 0 atom stereocenters. The smallest absolute Gasteiger partial charge is 0.255 e. The minimum absolute atomic E-state index is 0.396. The molecular formula is C12H17NO2. The van der Waals surface area contributed by atoms with E-state index in [0.29, 0.717) is 0 Å². The third-order valence-electron chi connectivity index (χ3n) is 2.04. The van der Waals surface area contributed by atoms with Gasteiger partial charge in [0.05, 0.1) is 0 Å². The van der Waals surface area contributed by atoms with Gasteiger partial charge in [-0.1, -0.05) is 6.07 Å². The number of aryl methyl sites for hydroxylation is 2. The number of hydrogen-bond donors (Lipinski definition) is 2. The third-order valence-corrected chi connectivity index (χ3v) is 2.04. The van der Waals surface area contributed by atoms with E-state index in [0.717, 1.165) is 16.8 Å². The molecule has 0 radical (unpaired) electrons. The zero-order chi connectivity index (χ0) is 11.6. The van der Waals surface area contributed by atoms with Gasteiger partial charge in [-0.3, -0.25) is 4.79 Å². The summed E-state index contributed by atoms with van der Waals surface area (Å²) in [5.74, 6) is -0.396. The van der Waals surface area contributed by atoms with E-state index in [4.69, 9.17) is 0 Å². The van der Waals surface area contributed by atoms with Crippen LogP contribution in [0.2, 0.25) is 0 Å². The molecule has 3 heteroatoms. The first-order valence-electron chi connectivity index (χ1n) is 4.91. The molecule has 0 unspecified atom stereocenters. The lowest BCUT2D eigenvalue weighted by Crippen LogP contribution is -2.36. The summed E-state index contributed by atoms with van der Waals surface area (Å²) >= 11 is 0. The lowest BCUT2D eigenvalue weighted by atomic mass is 10.1. The normalized spacial score (nSPS) is 11.3. The summed E-state index contributed by atoms with van der Waals surface area (Å²) in [6.07, 6.45) is 0. The summed E-state index contributed by atoms with van der Waals surface area (Å²) < 4.78 is 0. The predicted octanol–water partition coefficient (Wildman–Crippen LogP) is 2.01. The van der Waals surface area contributed by atoms with Crippen molar-refractivity contribution in [2.75, 3.05) is 5.32 Å². The zero-order valence-electron chi connectivity index (χ0n) is 9.59. The Morgan fingerprint density at radius 3 is 2.07 bits per heavy atom. The average Bonchev–Trinajstić information content (AvgIpc) is 1.99. The Hall–Kier alpha value is -1.35. The first kappa shape index (κ1) is 11.7. The molecule has 0 fully saturated rings. The van der Waals surface area contributed by atoms with Gasteiger partial charge < -0.3 is 10.4 Å². The molecular weight excluding hydrogens is 190 g/mol. The van der Waals surface area contributed by atoms with Crippen molar-refractivity contribution in [2.24, 2.45) is 0 Å². The van der Waals surface area contributed by atoms with Crippen molar-refractivity contribution < 1.29 is 9.90 Å². The Kier molecular flexibility index (Phi) is 3.15. The van der Waals surface area contributed by atoms with Gasteiger partial charge in [-0.25, -0.2) is 0 Å². The number of nitrogens with one attached hydrogen (secondary N) is 1. The minimum Gasteiger partial charge on any atom is -0.381 e. The van der Waals surface area contributed by atoms with Crippen molar-refractivity contribution in [3.05, 3.63) is 29.3 Å². The standard InChI is InChI=1S/C12H17NO2/c1-8-5-9(2)7-10(6-8)13-11(14)12(3,4)15/h5-7,15H,1-4H3,(H,13,14). The predicted molar refractivity (Wildman–Crippen MR) is 60.8 cm³/mol. The Labute approximate surface area is 90.1 Å². The van der Waals surface area contributed by atoms with Gasteiger partial charge >= 0.3 is 0 Å². The maximum Gasteiger partial charge on any atom is 0.255 e. The second kappa shape index (κ2) is 4.03. The van der Waals surface area contributed by atoms with E-state index in [-0.39, 0.29) is 0 Å². The molecule has 0 aliphatic heterocycles. The quantitative estimate of drug-likeness (QED) is 0.779. The SMILES string of the molecule is Cc1cc(C)cc(NC(=O)C(C)(C)O)c1. The Morgan fingerprint density at radius 1 is 1.20 bits per heavy atom. The molecule has 1 aromatic rings. The van der Waals surface area contributed by atoms with Gasteiger partial charge in [-0.15, -0.1) is 0 Å². The number of rotatable bonds is 2. The van der Waals surface area contributed by atoms with Crippen LogP contribution in [0.1, 0.15) is 25.0 Å². The molecule has 0 saturated carbocycles. The van der Waals surface area contributed by atoms with Crippen LogP contribution in [-0.4, -0.2) is 16.6 Å². The van der Waals surface area contributed by atoms with Crippen LogP contribution < -0.4 is 5.32 Å². The van der Waals surface area contributed by atoms with E-state index in [9.17, 15) is 9.90 Å². The molecule has 1 rings (SSSR count). The van der Waals surface area contributed by atoms with Gasteiger partial charge in [0.15, 0.2) is 0 Å². The molecule has 3 nitrogen and oxygen atoms in total. The number of benzene rings is 1. The Balaban J connectivity index is 2.86. The van der Waals surface area contributed by atoms with Gasteiger partial charge in [0.1, 0.15) is 5.60 Å². The van der Waals surface area contributed by atoms with Crippen molar-refractivity contribution in [3.8, 4) is 0 Å².